The highest BCUT2D eigenvalue weighted by Crippen LogP contribution is 2.26. The van der Waals surface area contributed by atoms with Gasteiger partial charge in [0.25, 0.3) is 0 Å². The minimum absolute atomic E-state index is 0.0402. The second kappa shape index (κ2) is 7.95. The van der Waals surface area contributed by atoms with E-state index in [0.29, 0.717) is 19.4 Å². The van der Waals surface area contributed by atoms with Gasteiger partial charge in [-0.2, -0.15) is 0 Å². The lowest BCUT2D eigenvalue weighted by Crippen LogP contribution is -2.47. The number of nitrogens with one attached hydrogen (secondary N) is 1. The average Bonchev–Trinajstić information content (AvgIpc) is 3.05. The fourth-order valence-corrected chi connectivity index (χ4v) is 3.92. The van der Waals surface area contributed by atoms with Gasteiger partial charge in [0.2, 0.25) is 5.91 Å². The Morgan fingerprint density at radius 1 is 1.12 bits per heavy atom. The van der Waals surface area contributed by atoms with Crippen molar-refractivity contribution >= 4 is 11.9 Å². The van der Waals surface area contributed by atoms with E-state index in [1.54, 1.807) is 12.1 Å². The molecule has 0 aromatic heterocycles. The quantitative estimate of drug-likeness (QED) is 0.858. The number of rotatable bonds is 5. The van der Waals surface area contributed by atoms with Gasteiger partial charge in [0.15, 0.2) is 0 Å². The molecule has 6 heteroatoms. The average molecular weight is 348 g/mol. The fraction of sp³-hybridized carbons (Fsp3) is 0.579. The highest BCUT2D eigenvalue weighted by atomic mass is 19.1. The van der Waals surface area contributed by atoms with Gasteiger partial charge in [-0.05, 0) is 62.8 Å². The van der Waals surface area contributed by atoms with Gasteiger partial charge in [-0.3, -0.25) is 14.5 Å². The van der Waals surface area contributed by atoms with Gasteiger partial charge in [0, 0.05) is 12.6 Å². The third kappa shape index (κ3) is 4.57. The molecule has 1 aliphatic heterocycles. The van der Waals surface area contributed by atoms with Crippen LogP contribution in [0.4, 0.5) is 4.39 Å². The van der Waals surface area contributed by atoms with Crippen molar-refractivity contribution in [2.75, 3.05) is 6.54 Å². The van der Waals surface area contributed by atoms with Crippen LogP contribution in [-0.4, -0.2) is 40.5 Å². The van der Waals surface area contributed by atoms with Crippen LogP contribution in [0.15, 0.2) is 24.3 Å². The number of carbonyl (C=O) groups excluding carboxylic acids is 1. The van der Waals surface area contributed by atoms with E-state index >= 15 is 0 Å². The van der Waals surface area contributed by atoms with Crippen molar-refractivity contribution in [3.63, 3.8) is 0 Å². The second-order valence-electron chi connectivity index (χ2n) is 7.15. The largest absolute Gasteiger partial charge is 0.481 e. The normalized spacial score (nSPS) is 27.2. The van der Waals surface area contributed by atoms with Gasteiger partial charge in [-0.25, -0.2) is 4.39 Å². The van der Waals surface area contributed by atoms with Crippen molar-refractivity contribution in [1.29, 1.82) is 0 Å². The Morgan fingerprint density at radius 3 is 2.44 bits per heavy atom. The van der Waals surface area contributed by atoms with Crippen molar-refractivity contribution in [3.05, 3.63) is 35.6 Å². The van der Waals surface area contributed by atoms with E-state index < -0.39 is 5.97 Å². The summed E-state index contributed by atoms with van der Waals surface area (Å²) in [5.41, 5.74) is 1.00. The van der Waals surface area contributed by atoms with Gasteiger partial charge in [0.05, 0.1) is 12.0 Å². The first-order valence-electron chi connectivity index (χ1n) is 9.04. The Morgan fingerprint density at radius 2 is 1.80 bits per heavy atom. The van der Waals surface area contributed by atoms with Gasteiger partial charge in [-0.1, -0.05) is 12.1 Å². The van der Waals surface area contributed by atoms with Crippen LogP contribution in [-0.2, 0) is 16.1 Å². The van der Waals surface area contributed by atoms with Crippen LogP contribution in [0, 0.1) is 11.7 Å². The number of nitrogens with zero attached hydrogens (tertiary/aromatic N) is 1. The van der Waals surface area contributed by atoms with E-state index in [2.05, 4.69) is 10.2 Å². The minimum Gasteiger partial charge on any atom is -0.481 e. The lowest BCUT2D eigenvalue weighted by molar-refractivity contribution is -0.142. The molecule has 0 bridgehead atoms. The predicted octanol–water partition coefficient (Wildman–Crippen LogP) is 2.55. The molecule has 3 rings (SSSR count). The van der Waals surface area contributed by atoms with Crippen molar-refractivity contribution < 1.29 is 19.1 Å². The SMILES string of the molecule is O=C(O)C1CCC(NC(=O)C2CCCN2Cc2ccc(F)cc2)CC1. The molecule has 1 atom stereocenters. The Labute approximate surface area is 147 Å². The zero-order valence-corrected chi connectivity index (χ0v) is 14.3. The number of aliphatic carboxylic acids is 1. The Kier molecular flexibility index (Phi) is 5.68. The molecule has 0 spiro atoms. The van der Waals surface area contributed by atoms with E-state index in [9.17, 15) is 14.0 Å². The standard InChI is InChI=1S/C19H25FN2O3/c20-15-7-3-13(4-8-15)12-22-11-1-2-17(22)18(23)21-16-9-5-14(6-10-16)19(24)25/h3-4,7-8,14,16-17H,1-2,5-6,9-12H2,(H,21,23)(H,24,25). The van der Waals surface area contributed by atoms with Crippen molar-refractivity contribution in [3.8, 4) is 0 Å². The summed E-state index contributed by atoms with van der Waals surface area (Å²) in [6.45, 7) is 1.51. The van der Waals surface area contributed by atoms with E-state index in [0.717, 1.165) is 37.8 Å². The van der Waals surface area contributed by atoms with Crippen LogP contribution in [0.2, 0.25) is 0 Å². The summed E-state index contributed by atoms with van der Waals surface area (Å²) in [7, 11) is 0. The number of halogens is 1. The first-order valence-corrected chi connectivity index (χ1v) is 9.04. The molecule has 2 fully saturated rings. The first-order chi connectivity index (χ1) is 12.0. The minimum atomic E-state index is -0.731. The van der Waals surface area contributed by atoms with Gasteiger partial charge < -0.3 is 10.4 Å². The number of benzene rings is 1. The number of carbonyl (C=O) groups is 2. The molecule has 1 unspecified atom stereocenters. The highest BCUT2D eigenvalue weighted by Gasteiger charge is 2.33. The fourth-order valence-electron chi connectivity index (χ4n) is 3.92. The molecule has 1 saturated heterocycles. The van der Waals surface area contributed by atoms with Crippen molar-refractivity contribution in [1.82, 2.24) is 10.2 Å². The van der Waals surface area contributed by atoms with Gasteiger partial charge >= 0.3 is 5.97 Å². The number of likely N-dealkylation sites (tertiary alicyclic amines) is 1. The molecule has 1 heterocycles. The third-order valence-electron chi connectivity index (χ3n) is 5.39. The number of carboxylic acids is 1. The molecule has 5 nitrogen and oxygen atoms in total. The van der Waals surface area contributed by atoms with E-state index in [-0.39, 0.29) is 29.7 Å². The molecule has 2 aliphatic rings. The molecule has 1 aliphatic carbocycles. The number of amides is 1. The molecular weight excluding hydrogens is 323 g/mol. The molecule has 1 saturated carbocycles. The van der Waals surface area contributed by atoms with Crippen molar-refractivity contribution in [2.45, 2.75) is 57.2 Å². The second-order valence-corrected chi connectivity index (χ2v) is 7.15. The van der Waals surface area contributed by atoms with Crippen LogP contribution in [0.25, 0.3) is 0 Å². The Balaban J connectivity index is 1.52. The summed E-state index contributed by atoms with van der Waals surface area (Å²) in [6, 6.07) is 6.34. The first kappa shape index (κ1) is 17.9. The summed E-state index contributed by atoms with van der Waals surface area (Å²) in [5.74, 6) is -1.21. The molecule has 25 heavy (non-hydrogen) atoms. The zero-order valence-electron chi connectivity index (χ0n) is 14.3. The van der Waals surface area contributed by atoms with Crippen molar-refractivity contribution in [2.24, 2.45) is 5.92 Å². The highest BCUT2D eigenvalue weighted by molar-refractivity contribution is 5.82. The number of hydrogen-bond donors (Lipinski definition) is 2. The van der Waals surface area contributed by atoms with E-state index in [4.69, 9.17) is 5.11 Å². The van der Waals surface area contributed by atoms with Gasteiger partial charge in [-0.15, -0.1) is 0 Å². The van der Waals surface area contributed by atoms with E-state index in [1.165, 1.54) is 12.1 Å². The predicted molar refractivity (Wildman–Crippen MR) is 91.4 cm³/mol. The number of carboxylic acid groups (broad SMARTS) is 1. The maximum atomic E-state index is 13.0. The summed E-state index contributed by atoms with van der Waals surface area (Å²) in [5, 5.41) is 12.2. The lowest BCUT2D eigenvalue weighted by atomic mass is 9.86. The van der Waals surface area contributed by atoms with Crippen LogP contribution in [0.3, 0.4) is 0 Å². The van der Waals surface area contributed by atoms with Crippen LogP contribution in [0.1, 0.15) is 44.1 Å². The molecule has 1 amide bonds. The maximum absolute atomic E-state index is 13.0. The molecule has 1 aromatic carbocycles. The zero-order chi connectivity index (χ0) is 17.8. The maximum Gasteiger partial charge on any atom is 0.306 e. The monoisotopic (exact) mass is 348 g/mol. The topological polar surface area (TPSA) is 69.6 Å². The summed E-state index contributed by atoms with van der Waals surface area (Å²) < 4.78 is 13.0. The molecular formula is C19H25FN2O3. The smallest absolute Gasteiger partial charge is 0.306 e. The molecule has 2 N–H and O–H groups in total. The van der Waals surface area contributed by atoms with Crippen LogP contribution in [0.5, 0.6) is 0 Å². The number of hydrogen-bond acceptors (Lipinski definition) is 3. The molecule has 1 aromatic rings. The lowest BCUT2D eigenvalue weighted by Gasteiger charge is -2.30. The molecule has 136 valence electrons. The Bertz CT molecular complexity index is 612. The van der Waals surface area contributed by atoms with Crippen LogP contribution < -0.4 is 5.32 Å². The van der Waals surface area contributed by atoms with Crippen LogP contribution >= 0.6 is 0 Å². The van der Waals surface area contributed by atoms with E-state index in [1.807, 2.05) is 0 Å². The van der Waals surface area contributed by atoms with Gasteiger partial charge in [0.1, 0.15) is 5.82 Å². The Hall–Kier alpha value is -1.95. The molecule has 0 radical (unpaired) electrons. The summed E-state index contributed by atoms with van der Waals surface area (Å²) in [6.07, 6.45) is 4.53. The summed E-state index contributed by atoms with van der Waals surface area (Å²) >= 11 is 0. The third-order valence-corrected chi connectivity index (χ3v) is 5.39. The summed E-state index contributed by atoms with van der Waals surface area (Å²) in [4.78, 5) is 25.8.